The van der Waals surface area contributed by atoms with Crippen molar-refractivity contribution in [1.29, 1.82) is 0 Å². The van der Waals surface area contributed by atoms with Crippen molar-refractivity contribution >= 4 is 19.8 Å². The van der Waals surface area contributed by atoms with Gasteiger partial charge in [-0.1, -0.05) is 102 Å². The summed E-state index contributed by atoms with van der Waals surface area (Å²) in [6.07, 6.45) is 21.9. The summed E-state index contributed by atoms with van der Waals surface area (Å²) in [5, 5.41) is 31.3. The van der Waals surface area contributed by atoms with Gasteiger partial charge in [0.15, 0.2) is 6.10 Å². The summed E-state index contributed by atoms with van der Waals surface area (Å²) >= 11 is 0. The fourth-order valence-corrected chi connectivity index (χ4v) is 6.71. The molecular weight excluding hydrogens is 701 g/mol. The Morgan fingerprint density at radius 3 is 2.21 bits per heavy atom. The molecule has 0 radical (unpaired) electrons. The van der Waals surface area contributed by atoms with Crippen LogP contribution in [0.2, 0.25) is 0 Å². The van der Waals surface area contributed by atoms with Crippen LogP contribution in [0.15, 0.2) is 36.5 Å². The van der Waals surface area contributed by atoms with Gasteiger partial charge >= 0.3 is 19.8 Å². The van der Waals surface area contributed by atoms with Crippen LogP contribution >= 0.6 is 7.82 Å². The number of carbonyl (C=O) groups is 2. The predicted octanol–water partition coefficient (Wildman–Crippen LogP) is 6.95. The Morgan fingerprint density at radius 2 is 1.51 bits per heavy atom. The minimum atomic E-state index is -4.45. The Hall–Kier alpha value is -1.89. The maximum atomic E-state index is 12.7. The monoisotopic (exact) mass is 774 g/mol. The number of aliphatic hydroxyl groups is 3. The first-order valence-electron chi connectivity index (χ1n) is 20.0. The van der Waals surface area contributed by atoms with Crippen molar-refractivity contribution in [3.63, 3.8) is 0 Å². The van der Waals surface area contributed by atoms with Crippen molar-refractivity contribution < 1.29 is 57.4 Å². The number of phosphoric ester groups is 1. The van der Waals surface area contributed by atoms with Gasteiger partial charge in [-0.3, -0.25) is 18.6 Å². The molecule has 308 valence electrons. The number of unbranched alkanes of at least 4 members (excludes halogenated alkanes) is 9. The lowest BCUT2D eigenvalue weighted by atomic mass is 9.89. The molecule has 1 rings (SSSR count). The lowest BCUT2D eigenvalue weighted by molar-refractivity contribution is -0.870. The fourth-order valence-electron chi connectivity index (χ4n) is 5.97. The van der Waals surface area contributed by atoms with E-state index in [2.05, 4.69) is 26.0 Å². The molecule has 1 saturated carbocycles. The molecular formula is C40H73NO11P+. The molecule has 7 atom stereocenters. The second-order valence-corrected chi connectivity index (χ2v) is 16.8. The topological polar surface area (TPSA) is 169 Å². The van der Waals surface area contributed by atoms with Crippen LogP contribution in [-0.2, 0) is 32.7 Å². The molecule has 0 amide bonds. The summed E-state index contributed by atoms with van der Waals surface area (Å²) < 4.78 is 34.0. The number of ether oxygens (including phenoxy) is 2. The Morgan fingerprint density at radius 1 is 0.830 bits per heavy atom. The van der Waals surface area contributed by atoms with Gasteiger partial charge in [-0.25, -0.2) is 4.57 Å². The highest BCUT2D eigenvalue weighted by Crippen LogP contribution is 2.43. The highest BCUT2D eigenvalue weighted by atomic mass is 31.2. The molecule has 1 unspecified atom stereocenters. The molecule has 0 bridgehead atoms. The predicted molar refractivity (Wildman–Crippen MR) is 208 cm³/mol. The number of likely N-dealkylation sites (N-methyl/N-ethyl adjacent to an activating group) is 1. The number of aliphatic hydroxyl groups excluding tert-OH is 3. The lowest BCUT2D eigenvalue weighted by Crippen LogP contribution is -2.37. The zero-order chi connectivity index (χ0) is 39.5. The van der Waals surface area contributed by atoms with Crippen molar-refractivity contribution in [3.05, 3.63) is 36.5 Å². The summed E-state index contributed by atoms with van der Waals surface area (Å²) in [6, 6.07) is 0. The minimum absolute atomic E-state index is 0.0208. The molecule has 0 aromatic rings. The second-order valence-electron chi connectivity index (χ2n) is 15.3. The number of rotatable bonds is 31. The maximum absolute atomic E-state index is 12.7. The van der Waals surface area contributed by atoms with Crippen LogP contribution in [0.4, 0.5) is 0 Å². The Bertz CT molecular complexity index is 1120. The summed E-state index contributed by atoms with van der Waals surface area (Å²) in [5.74, 6) is -1.71. The van der Waals surface area contributed by atoms with Gasteiger partial charge in [-0.05, 0) is 44.4 Å². The largest absolute Gasteiger partial charge is 0.472 e. The molecule has 0 heterocycles. The van der Waals surface area contributed by atoms with Crippen molar-refractivity contribution in [2.75, 3.05) is 47.5 Å². The van der Waals surface area contributed by atoms with Gasteiger partial charge in [0.25, 0.3) is 0 Å². The first kappa shape index (κ1) is 49.1. The van der Waals surface area contributed by atoms with E-state index >= 15 is 0 Å². The first-order chi connectivity index (χ1) is 25.2. The van der Waals surface area contributed by atoms with E-state index in [4.69, 9.17) is 18.5 Å². The van der Waals surface area contributed by atoms with Gasteiger partial charge in [-0.2, -0.15) is 0 Å². The van der Waals surface area contributed by atoms with Crippen LogP contribution in [0, 0.1) is 11.8 Å². The van der Waals surface area contributed by atoms with Crippen LogP contribution in [0.1, 0.15) is 123 Å². The molecule has 0 saturated heterocycles. The molecule has 13 heteroatoms. The quantitative estimate of drug-likeness (QED) is 0.0189. The summed E-state index contributed by atoms with van der Waals surface area (Å²) in [4.78, 5) is 35.4. The van der Waals surface area contributed by atoms with E-state index in [-0.39, 0.29) is 44.3 Å². The highest BCUT2D eigenvalue weighted by Gasteiger charge is 2.39. The van der Waals surface area contributed by atoms with Crippen LogP contribution in [0.25, 0.3) is 0 Å². The molecule has 1 aliphatic rings. The molecule has 12 nitrogen and oxygen atoms in total. The number of phosphoric acid groups is 1. The molecule has 0 aromatic carbocycles. The van der Waals surface area contributed by atoms with Crippen molar-refractivity contribution in [2.24, 2.45) is 11.8 Å². The van der Waals surface area contributed by atoms with Gasteiger partial charge in [0.05, 0.1) is 52.5 Å². The van der Waals surface area contributed by atoms with Gasteiger partial charge in [0.1, 0.15) is 19.8 Å². The number of nitrogens with zero attached hydrogens (tertiary/aromatic N) is 1. The van der Waals surface area contributed by atoms with E-state index in [1.807, 2.05) is 21.1 Å². The molecule has 0 aromatic heterocycles. The lowest BCUT2D eigenvalue weighted by Gasteiger charge is -2.24. The molecule has 0 spiro atoms. The van der Waals surface area contributed by atoms with Crippen LogP contribution in [-0.4, -0.2) is 109 Å². The Labute approximate surface area is 319 Å². The van der Waals surface area contributed by atoms with Gasteiger partial charge in [-0.15, -0.1) is 0 Å². The number of esters is 2. The maximum Gasteiger partial charge on any atom is 0.472 e. The minimum Gasteiger partial charge on any atom is -0.461 e. The summed E-state index contributed by atoms with van der Waals surface area (Å²) in [7, 11) is 1.29. The van der Waals surface area contributed by atoms with Crippen molar-refractivity contribution in [2.45, 2.75) is 147 Å². The first-order valence-corrected chi connectivity index (χ1v) is 21.5. The van der Waals surface area contributed by atoms with E-state index in [1.54, 1.807) is 24.3 Å². The smallest absolute Gasteiger partial charge is 0.461 e. The molecule has 1 aliphatic carbocycles. The Balaban J connectivity index is 2.63. The average Bonchev–Trinajstić information content (AvgIpc) is 3.36. The summed E-state index contributed by atoms with van der Waals surface area (Å²) in [5.41, 5.74) is 0. The van der Waals surface area contributed by atoms with Crippen LogP contribution in [0.3, 0.4) is 0 Å². The molecule has 53 heavy (non-hydrogen) atoms. The number of allylic oxidation sites excluding steroid dienone is 3. The van der Waals surface area contributed by atoms with E-state index in [0.29, 0.717) is 30.3 Å². The SMILES string of the molecule is CCCC/C=C\CCCCCCCC(=O)O[C@H](COC(=O)C/C=C\C[C@H]1[C@@H](/C=C/[C@H](O)CCCCC)[C@H](O)C[C@@H]1O)COP(=O)(O)OCC[N+](C)(C)C. The fraction of sp³-hybridized carbons (Fsp3) is 0.800. The third-order valence-corrected chi connectivity index (χ3v) is 10.2. The zero-order valence-corrected chi connectivity index (χ0v) is 34.2. The third kappa shape index (κ3) is 25.8. The van der Waals surface area contributed by atoms with Crippen molar-refractivity contribution in [1.82, 2.24) is 0 Å². The van der Waals surface area contributed by atoms with Crippen LogP contribution < -0.4 is 0 Å². The normalized spacial score (nSPS) is 21.8. The van der Waals surface area contributed by atoms with E-state index in [9.17, 15) is 34.4 Å². The number of hydrogen-bond acceptors (Lipinski definition) is 10. The second kappa shape index (κ2) is 28.5. The standard InChI is InChI=1S/C40H72NO11P/c1-6-8-10-11-12-13-14-15-16-17-19-25-40(46)52-34(32-51-53(47,48)50-29-28-41(3,4)5)31-49-39(45)24-21-20-23-35-36(38(44)30-37(35)43)27-26-33(42)22-18-9-7-2/h11-12,20-21,26-27,33-38,42-44H,6-10,13-19,22-25,28-32H2,1-5H3/p+1/b12-11-,21-20-,27-26+/t33-,34-,35+,36-,37+,38-/m1/s1. The summed E-state index contributed by atoms with van der Waals surface area (Å²) in [6.45, 7) is 3.86. The molecule has 0 aliphatic heterocycles. The zero-order valence-electron chi connectivity index (χ0n) is 33.3. The molecule has 1 fully saturated rings. The number of hydrogen-bond donors (Lipinski definition) is 4. The van der Waals surface area contributed by atoms with Gasteiger partial charge in [0, 0.05) is 18.8 Å². The van der Waals surface area contributed by atoms with Gasteiger partial charge < -0.3 is 34.2 Å². The number of carbonyl (C=O) groups excluding carboxylic acids is 2. The van der Waals surface area contributed by atoms with E-state index in [0.717, 1.165) is 57.8 Å². The molecule has 4 N–H and O–H groups in total. The van der Waals surface area contributed by atoms with Crippen molar-refractivity contribution in [3.8, 4) is 0 Å². The Kier molecular flexibility index (Phi) is 26.4. The van der Waals surface area contributed by atoms with Gasteiger partial charge in [0.2, 0.25) is 0 Å². The van der Waals surface area contributed by atoms with E-state index in [1.165, 1.54) is 12.8 Å². The van der Waals surface area contributed by atoms with E-state index < -0.39 is 50.8 Å². The number of quaternary nitrogens is 1. The van der Waals surface area contributed by atoms with Crippen LogP contribution in [0.5, 0.6) is 0 Å². The highest BCUT2D eigenvalue weighted by molar-refractivity contribution is 7.47. The average molecular weight is 775 g/mol. The third-order valence-electron chi connectivity index (χ3n) is 9.25.